The van der Waals surface area contributed by atoms with Crippen LogP contribution in [0, 0.1) is 18.3 Å². The van der Waals surface area contributed by atoms with E-state index in [4.69, 9.17) is 0 Å². The average molecular weight is 598 g/mol. The summed E-state index contributed by atoms with van der Waals surface area (Å²) in [6.45, 7) is 10.0. The van der Waals surface area contributed by atoms with Crippen LogP contribution in [0.15, 0.2) is 36.4 Å². The van der Waals surface area contributed by atoms with Gasteiger partial charge in [0.15, 0.2) is 0 Å². The highest BCUT2D eigenvalue weighted by Gasteiger charge is 2.40. The number of nitrogens with zero attached hydrogens (tertiary/aromatic N) is 3. The topological polar surface area (TPSA) is 98.6 Å². The Morgan fingerprint density at radius 2 is 1.04 bits per heavy atom. The molecule has 0 saturated carbocycles. The number of carbonyl (C=O) groups is 4. The van der Waals surface area contributed by atoms with Gasteiger partial charge in [-0.2, -0.15) is 5.26 Å². The molecule has 7 heteroatoms. The van der Waals surface area contributed by atoms with Gasteiger partial charge in [-0.3, -0.25) is 29.0 Å². The van der Waals surface area contributed by atoms with Crippen molar-refractivity contribution in [3.8, 4) is 6.07 Å². The molecule has 0 fully saturated rings. The standard InChI is InChI=1S/C38H35N3O4/c1-6-10-21(8-3)40-35(42)25-15-13-24-30-20(18-39)17-28-32-26(36(43)41(38(28)45)22(9-4)11-7-2)14-12-23(34(30)32)29-19(5)16-27(37(40)44)31(25)33(24)29/h12-17,21-22H,6-11H2,1-5H3. The number of carbonyl (C=O) groups excluding carboxylic acids is 4. The SMILES string of the molecule is CCCC(CC)N1C(=O)c2ccc3c4c(C#N)cc5c6c(ccc(c7c(C)cc(c2c37)C1=O)c64)C(=O)N(C(CC)CCC)C5=O. The average Bonchev–Trinajstić information content (AvgIpc) is 3.04. The van der Waals surface area contributed by atoms with Crippen molar-refractivity contribution in [2.75, 3.05) is 0 Å². The predicted molar refractivity (Wildman–Crippen MR) is 176 cm³/mol. The number of amides is 4. The van der Waals surface area contributed by atoms with Crippen LogP contribution in [0.25, 0.3) is 43.1 Å². The van der Waals surface area contributed by atoms with Gasteiger partial charge in [0.1, 0.15) is 0 Å². The zero-order valence-electron chi connectivity index (χ0n) is 26.3. The molecule has 0 spiro atoms. The Kier molecular flexibility index (Phi) is 6.67. The first-order valence-electron chi connectivity index (χ1n) is 16.1. The van der Waals surface area contributed by atoms with Crippen LogP contribution in [-0.2, 0) is 0 Å². The highest BCUT2D eigenvalue weighted by molar-refractivity contribution is 6.42. The lowest BCUT2D eigenvalue weighted by molar-refractivity contribution is 0.0510. The minimum Gasteiger partial charge on any atom is -0.271 e. The second kappa shape index (κ2) is 10.4. The van der Waals surface area contributed by atoms with Gasteiger partial charge in [0.2, 0.25) is 0 Å². The van der Waals surface area contributed by atoms with E-state index in [9.17, 15) is 24.4 Å². The van der Waals surface area contributed by atoms with E-state index in [1.54, 1.807) is 18.2 Å². The molecule has 0 saturated heterocycles. The first-order chi connectivity index (χ1) is 21.7. The molecule has 7 nitrogen and oxygen atoms in total. The van der Waals surface area contributed by atoms with Crippen molar-refractivity contribution < 1.29 is 19.2 Å². The Morgan fingerprint density at radius 1 is 0.600 bits per heavy atom. The van der Waals surface area contributed by atoms with Gasteiger partial charge in [0.05, 0.1) is 17.2 Å². The molecular weight excluding hydrogens is 562 g/mol. The largest absolute Gasteiger partial charge is 0.271 e. The molecule has 0 N–H and O–H groups in total. The van der Waals surface area contributed by atoms with Crippen molar-refractivity contribution in [1.29, 1.82) is 5.26 Å². The van der Waals surface area contributed by atoms with E-state index in [0.717, 1.165) is 46.4 Å². The van der Waals surface area contributed by atoms with Gasteiger partial charge in [-0.25, -0.2) is 0 Å². The summed E-state index contributed by atoms with van der Waals surface area (Å²) in [5.41, 5.74) is 2.98. The molecular formula is C38H35N3O4. The minimum absolute atomic E-state index is 0.188. The van der Waals surface area contributed by atoms with E-state index in [-0.39, 0.29) is 35.7 Å². The fraction of sp³-hybridized carbons (Fsp3) is 0.342. The van der Waals surface area contributed by atoms with Crippen molar-refractivity contribution in [1.82, 2.24) is 9.80 Å². The molecule has 2 aliphatic rings. The smallest absolute Gasteiger partial charge is 0.261 e. The van der Waals surface area contributed by atoms with Crippen LogP contribution >= 0.6 is 0 Å². The highest BCUT2D eigenvalue weighted by Crippen LogP contribution is 2.48. The van der Waals surface area contributed by atoms with Gasteiger partial charge in [-0.05, 0) is 84.0 Å². The number of aryl methyl sites for hydroxylation is 1. The lowest BCUT2D eigenvalue weighted by Gasteiger charge is -2.35. The number of imide groups is 2. The fourth-order valence-electron chi connectivity index (χ4n) is 8.16. The molecule has 5 aromatic rings. The summed E-state index contributed by atoms with van der Waals surface area (Å²) in [5.74, 6) is -1.25. The third-order valence-corrected chi connectivity index (χ3v) is 10.1. The molecule has 2 unspecified atom stereocenters. The number of fused-ring (bicyclic) bond motifs is 2. The molecule has 4 amide bonds. The zero-order valence-corrected chi connectivity index (χ0v) is 26.3. The lowest BCUT2D eigenvalue weighted by Crippen LogP contribution is -2.47. The molecule has 0 aromatic heterocycles. The number of rotatable bonds is 8. The Balaban J connectivity index is 1.60. The van der Waals surface area contributed by atoms with Gasteiger partial charge in [-0.1, -0.05) is 52.7 Å². The first kappa shape index (κ1) is 28.9. The highest BCUT2D eigenvalue weighted by atomic mass is 16.2. The Labute approximate surface area is 261 Å². The summed E-state index contributed by atoms with van der Waals surface area (Å²) in [7, 11) is 0. The van der Waals surface area contributed by atoms with Crippen LogP contribution in [0.4, 0.5) is 0 Å². The molecule has 2 aliphatic heterocycles. The molecule has 0 radical (unpaired) electrons. The summed E-state index contributed by atoms with van der Waals surface area (Å²) in [5, 5.41) is 16.2. The van der Waals surface area contributed by atoms with Crippen LogP contribution in [-0.4, -0.2) is 45.5 Å². The van der Waals surface area contributed by atoms with E-state index < -0.39 is 0 Å². The maximum Gasteiger partial charge on any atom is 0.261 e. The molecule has 2 heterocycles. The molecule has 7 rings (SSSR count). The Bertz CT molecular complexity index is 2190. The van der Waals surface area contributed by atoms with Crippen LogP contribution in [0.1, 0.15) is 119 Å². The van der Waals surface area contributed by atoms with Gasteiger partial charge >= 0.3 is 0 Å². The van der Waals surface area contributed by atoms with E-state index in [0.29, 0.717) is 68.6 Å². The molecule has 0 bridgehead atoms. The Morgan fingerprint density at radius 3 is 1.51 bits per heavy atom. The van der Waals surface area contributed by atoms with Gasteiger partial charge in [0.25, 0.3) is 23.6 Å². The van der Waals surface area contributed by atoms with E-state index >= 15 is 0 Å². The predicted octanol–water partition coefficient (Wildman–Crippen LogP) is 8.27. The summed E-state index contributed by atoms with van der Waals surface area (Å²) >= 11 is 0. The van der Waals surface area contributed by atoms with Crippen molar-refractivity contribution in [2.45, 2.75) is 85.2 Å². The third-order valence-electron chi connectivity index (χ3n) is 10.1. The molecule has 0 aliphatic carbocycles. The summed E-state index contributed by atoms with van der Waals surface area (Å²) < 4.78 is 0. The monoisotopic (exact) mass is 597 g/mol. The molecule has 45 heavy (non-hydrogen) atoms. The summed E-state index contributed by atoms with van der Waals surface area (Å²) in [6, 6.07) is 12.8. The second-order valence-corrected chi connectivity index (χ2v) is 12.6. The molecule has 2 atom stereocenters. The van der Waals surface area contributed by atoms with E-state index in [1.807, 2.05) is 45.9 Å². The zero-order chi connectivity index (χ0) is 31.9. The van der Waals surface area contributed by atoms with Crippen molar-refractivity contribution in [3.63, 3.8) is 0 Å². The van der Waals surface area contributed by atoms with Gasteiger partial charge < -0.3 is 0 Å². The maximum atomic E-state index is 14.1. The van der Waals surface area contributed by atoms with E-state index in [2.05, 4.69) is 13.0 Å². The van der Waals surface area contributed by atoms with Gasteiger partial charge in [-0.15, -0.1) is 0 Å². The quantitative estimate of drug-likeness (QED) is 0.102. The van der Waals surface area contributed by atoms with E-state index in [1.165, 1.54) is 9.80 Å². The minimum atomic E-state index is -0.366. The summed E-state index contributed by atoms with van der Waals surface area (Å²) in [4.78, 5) is 59.0. The number of hydrogen-bond acceptors (Lipinski definition) is 5. The summed E-state index contributed by atoms with van der Waals surface area (Å²) in [6.07, 6.45) is 4.47. The lowest BCUT2D eigenvalue weighted by atomic mass is 9.79. The van der Waals surface area contributed by atoms with Crippen LogP contribution < -0.4 is 0 Å². The Hall–Kier alpha value is -4.83. The molecule has 226 valence electrons. The van der Waals surface area contributed by atoms with Crippen LogP contribution in [0.3, 0.4) is 0 Å². The number of hydrogen-bond donors (Lipinski definition) is 0. The van der Waals surface area contributed by atoms with Crippen LogP contribution in [0.2, 0.25) is 0 Å². The number of benzene rings is 5. The van der Waals surface area contributed by atoms with Gasteiger partial charge in [0, 0.05) is 50.3 Å². The second-order valence-electron chi connectivity index (χ2n) is 12.6. The van der Waals surface area contributed by atoms with Crippen molar-refractivity contribution >= 4 is 66.7 Å². The van der Waals surface area contributed by atoms with Crippen molar-refractivity contribution in [2.24, 2.45) is 0 Å². The first-order valence-corrected chi connectivity index (χ1v) is 16.1. The fourth-order valence-corrected chi connectivity index (χ4v) is 8.16. The van der Waals surface area contributed by atoms with Crippen molar-refractivity contribution in [3.05, 3.63) is 69.8 Å². The maximum absolute atomic E-state index is 14.1. The number of nitriles is 1. The third kappa shape index (κ3) is 3.69. The molecule has 5 aromatic carbocycles. The normalized spacial score (nSPS) is 16.1. The van der Waals surface area contributed by atoms with Crippen LogP contribution in [0.5, 0.6) is 0 Å².